The number of alkyl halides is 5. The van der Waals surface area contributed by atoms with E-state index in [-0.39, 0.29) is 48.7 Å². The minimum absolute atomic E-state index is 0.000783. The number of ether oxygens (including phenoxy) is 1. The molecule has 0 bridgehead atoms. The molecular formula is C23H24F5N5O4. The number of amides is 1. The zero-order valence-electron chi connectivity index (χ0n) is 19.6. The number of nitrogens with one attached hydrogen (secondary N) is 1. The van der Waals surface area contributed by atoms with Crippen LogP contribution in [0.2, 0.25) is 0 Å². The van der Waals surface area contributed by atoms with Gasteiger partial charge >= 0.3 is 12.3 Å². The zero-order valence-corrected chi connectivity index (χ0v) is 19.6. The molecular weight excluding hydrogens is 505 g/mol. The number of hydrogen-bond acceptors (Lipinski definition) is 7. The van der Waals surface area contributed by atoms with E-state index in [1.54, 1.807) is 6.92 Å². The molecule has 1 saturated carbocycles. The van der Waals surface area contributed by atoms with Crippen molar-refractivity contribution in [3.63, 3.8) is 0 Å². The number of likely N-dealkylation sites (tertiary alicyclic amines) is 1. The van der Waals surface area contributed by atoms with Gasteiger partial charge in [-0.2, -0.15) is 0 Å². The molecule has 2 fully saturated rings. The number of nitrogens with zero attached hydrogens (tertiary/aromatic N) is 3. The Hall–Kier alpha value is -3.55. The van der Waals surface area contributed by atoms with Gasteiger partial charge in [-0.3, -0.25) is 9.59 Å². The van der Waals surface area contributed by atoms with E-state index in [2.05, 4.69) is 20.0 Å². The largest absolute Gasteiger partial charge is 0.573 e. The van der Waals surface area contributed by atoms with Gasteiger partial charge in [0.15, 0.2) is 0 Å². The van der Waals surface area contributed by atoms with Gasteiger partial charge in [0.05, 0.1) is 12.5 Å². The maximum Gasteiger partial charge on any atom is 0.573 e. The van der Waals surface area contributed by atoms with Crippen LogP contribution in [0, 0.1) is 12.8 Å². The molecule has 0 radical (unpaired) electrons. The summed E-state index contributed by atoms with van der Waals surface area (Å²) in [5, 5.41) is 11.8. The third kappa shape index (κ3) is 6.06. The predicted octanol–water partition coefficient (Wildman–Crippen LogP) is 3.81. The van der Waals surface area contributed by atoms with Crippen LogP contribution in [0.1, 0.15) is 46.8 Å². The molecule has 2 unspecified atom stereocenters. The molecule has 3 heterocycles. The Kier molecular flexibility index (Phi) is 6.97. The fraction of sp³-hybridized carbons (Fsp3) is 0.478. The first kappa shape index (κ1) is 26.5. The summed E-state index contributed by atoms with van der Waals surface area (Å²) < 4.78 is 71.2. The number of aryl methyl sites for hydroxylation is 1. The van der Waals surface area contributed by atoms with Crippen LogP contribution in [0.25, 0.3) is 0 Å². The lowest BCUT2D eigenvalue weighted by Crippen LogP contribution is -2.54. The number of rotatable bonds is 7. The summed E-state index contributed by atoms with van der Waals surface area (Å²) in [5.41, 5.74) is 5.97. The Morgan fingerprint density at radius 3 is 2.65 bits per heavy atom. The Balaban J connectivity index is 1.60. The van der Waals surface area contributed by atoms with E-state index < -0.39 is 54.3 Å². The molecule has 1 saturated heterocycles. The van der Waals surface area contributed by atoms with Crippen molar-refractivity contribution in [3.05, 3.63) is 41.2 Å². The van der Waals surface area contributed by atoms with Crippen molar-refractivity contribution in [3.8, 4) is 5.75 Å². The van der Waals surface area contributed by atoms with Gasteiger partial charge in [-0.15, -0.1) is 13.2 Å². The molecule has 1 aliphatic carbocycles. The average Bonchev–Trinajstić information content (AvgIpc) is 3.59. The molecule has 4 N–H and O–H groups in total. The number of carbonyl (C=O) groups is 2. The van der Waals surface area contributed by atoms with Crippen LogP contribution in [-0.2, 0) is 4.79 Å². The first-order chi connectivity index (χ1) is 17.3. The van der Waals surface area contributed by atoms with Crippen molar-refractivity contribution in [2.24, 2.45) is 11.7 Å². The molecule has 200 valence electrons. The van der Waals surface area contributed by atoms with Gasteiger partial charge in [0.1, 0.15) is 23.1 Å². The first-order valence-electron chi connectivity index (χ1n) is 11.4. The first-order valence-corrected chi connectivity index (χ1v) is 11.4. The van der Waals surface area contributed by atoms with Crippen LogP contribution >= 0.6 is 0 Å². The summed E-state index contributed by atoms with van der Waals surface area (Å²) in [5.74, 6) is -7.14. The van der Waals surface area contributed by atoms with E-state index in [1.165, 1.54) is 12.1 Å². The second-order valence-corrected chi connectivity index (χ2v) is 9.15. The number of anilines is 2. The summed E-state index contributed by atoms with van der Waals surface area (Å²) in [6, 6.07) is 3.32. The van der Waals surface area contributed by atoms with Gasteiger partial charge < -0.3 is 25.8 Å². The van der Waals surface area contributed by atoms with Crippen LogP contribution in [0.4, 0.5) is 33.6 Å². The highest BCUT2D eigenvalue weighted by atomic mass is 19.4. The number of aliphatic carboxylic acids is 1. The number of carbonyl (C=O) groups excluding carboxylic acids is 1. The lowest BCUT2D eigenvalue weighted by atomic mass is 9.98. The number of aromatic nitrogens is 2. The number of hydrogen-bond donors (Lipinski definition) is 3. The number of carboxylic acid groups (broad SMARTS) is 1. The molecule has 14 heteroatoms. The second kappa shape index (κ2) is 9.72. The van der Waals surface area contributed by atoms with Crippen LogP contribution in [-0.4, -0.2) is 63.3 Å². The zero-order chi connectivity index (χ0) is 27.1. The molecule has 2 aromatic heterocycles. The van der Waals surface area contributed by atoms with Gasteiger partial charge in [0.25, 0.3) is 11.8 Å². The van der Waals surface area contributed by atoms with Crippen molar-refractivity contribution in [1.29, 1.82) is 0 Å². The van der Waals surface area contributed by atoms with Gasteiger partial charge in [0.2, 0.25) is 0 Å². The predicted molar refractivity (Wildman–Crippen MR) is 120 cm³/mol. The van der Waals surface area contributed by atoms with Crippen LogP contribution < -0.4 is 15.8 Å². The fourth-order valence-corrected chi connectivity index (χ4v) is 4.37. The molecule has 2 aromatic rings. The highest BCUT2D eigenvalue weighted by molar-refractivity contribution is 5.94. The van der Waals surface area contributed by atoms with Crippen LogP contribution in [0.15, 0.2) is 24.4 Å². The van der Waals surface area contributed by atoms with Crippen molar-refractivity contribution in [2.45, 2.75) is 50.4 Å². The maximum absolute atomic E-state index is 14.0. The molecule has 0 aromatic carbocycles. The molecule has 3 atom stereocenters. The third-order valence-corrected chi connectivity index (χ3v) is 6.40. The van der Waals surface area contributed by atoms with Crippen LogP contribution in [0.3, 0.4) is 0 Å². The van der Waals surface area contributed by atoms with Gasteiger partial charge in [-0.1, -0.05) is 6.07 Å². The van der Waals surface area contributed by atoms with Gasteiger partial charge in [0, 0.05) is 42.8 Å². The summed E-state index contributed by atoms with van der Waals surface area (Å²) in [6.07, 6.45) is -4.13. The van der Waals surface area contributed by atoms with Crippen molar-refractivity contribution >= 4 is 23.5 Å². The number of halogens is 5. The highest BCUT2D eigenvalue weighted by Crippen LogP contribution is 2.51. The van der Waals surface area contributed by atoms with E-state index >= 15 is 0 Å². The van der Waals surface area contributed by atoms with Crippen molar-refractivity contribution < 1.29 is 41.4 Å². The Bertz CT molecular complexity index is 1210. The molecule has 1 aliphatic heterocycles. The van der Waals surface area contributed by atoms with Gasteiger partial charge in [-0.25, -0.2) is 18.7 Å². The molecule has 9 nitrogen and oxygen atoms in total. The van der Waals surface area contributed by atoms with Gasteiger partial charge in [-0.05, 0) is 31.4 Å². The number of carboxylic acids is 1. The van der Waals surface area contributed by atoms with E-state index in [1.807, 2.05) is 0 Å². The number of piperidine rings is 1. The second-order valence-electron chi connectivity index (χ2n) is 9.15. The van der Waals surface area contributed by atoms with E-state index in [0.29, 0.717) is 5.56 Å². The normalized spacial score (nSPS) is 22.9. The van der Waals surface area contributed by atoms with Crippen LogP contribution in [0.5, 0.6) is 5.75 Å². The standard InChI is InChI=1S/C23H24F5N5O4/c1-11-2-3-17(32-19(11)20(34)33-10-22(24,25)5-4-12(33)8-29)31-18-7-16(37-23(26,27)28)15(9-30-18)13-6-14(13)21(35)36/h2-3,7,9,12-14H,4-6,8,10,29H2,1H3,(H,35,36)(H,30,31,32)/t12-,13?,14?/m1/s1. The number of pyridine rings is 2. The average molecular weight is 529 g/mol. The minimum Gasteiger partial charge on any atom is -0.481 e. The minimum atomic E-state index is -5.03. The topological polar surface area (TPSA) is 131 Å². The smallest absolute Gasteiger partial charge is 0.481 e. The molecule has 37 heavy (non-hydrogen) atoms. The van der Waals surface area contributed by atoms with Crippen molar-refractivity contribution in [1.82, 2.24) is 14.9 Å². The molecule has 4 rings (SSSR count). The monoisotopic (exact) mass is 529 g/mol. The molecule has 2 aliphatic rings. The quantitative estimate of drug-likeness (QED) is 0.462. The Morgan fingerprint density at radius 1 is 1.30 bits per heavy atom. The summed E-state index contributed by atoms with van der Waals surface area (Å²) >= 11 is 0. The summed E-state index contributed by atoms with van der Waals surface area (Å²) in [4.78, 5) is 33.6. The van der Waals surface area contributed by atoms with E-state index in [9.17, 15) is 31.5 Å². The molecule has 0 spiro atoms. The maximum atomic E-state index is 14.0. The fourth-order valence-electron chi connectivity index (χ4n) is 4.37. The van der Waals surface area contributed by atoms with E-state index in [0.717, 1.165) is 17.2 Å². The molecule has 1 amide bonds. The lowest BCUT2D eigenvalue weighted by Gasteiger charge is -2.39. The Labute approximate surface area is 207 Å². The summed E-state index contributed by atoms with van der Waals surface area (Å²) in [6.45, 7) is 0.771. The SMILES string of the molecule is Cc1ccc(Nc2cc(OC(F)(F)F)c(C3CC3C(=O)O)cn2)nc1C(=O)N1CC(F)(F)CC[C@@H]1CN. The summed E-state index contributed by atoms with van der Waals surface area (Å²) in [7, 11) is 0. The van der Waals surface area contributed by atoms with E-state index in [4.69, 9.17) is 10.8 Å². The lowest BCUT2D eigenvalue weighted by molar-refractivity contribution is -0.274. The Morgan fingerprint density at radius 2 is 2.03 bits per heavy atom. The number of nitrogens with two attached hydrogens (primary N) is 1. The highest BCUT2D eigenvalue weighted by Gasteiger charge is 2.47. The third-order valence-electron chi connectivity index (χ3n) is 6.40. The van der Waals surface area contributed by atoms with Crippen molar-refractivity contribution in [2.75, 3.05) is 18.4 Å².